The van der Waals surface area contributed by atoms with Gasteiger partial charge in [0.15, 0.2) is 0 Å². The van der Waals surface area contributed by atoms with Crippen molar-refractivity contribution in [1.82, 2.24) is 0 Å². The van der Waals surface area contributed by atoms with E-state index in [1.807, 2.05) is 30.3 Å². The Hall–Kier alpha value is -2.03. The standard InChI is InChI=1S/C15H11F3/c16-15(17,18)14-8-4-7-13(11-14)10-9-12-5-2-1-3-6-12/h1-11H/b10-9+. The van der Waals surface area contributed by atoms with Crippen LogP contribution in [0.15, 0.2) is 54.6 Å². The Morgan fingerprint density at radius 3 is 2.00 bits per heavy atom. The molecule has 0 nitrogen and oxygen atoms in total. The number of halogens is 3. The predicted molar refractivity (Wildman–Crippen MR) is 66.8 cm³/mol. The van der Waals surface area contributed by atoms with E-state index in [1.165, 1.54) is 6.07 Å². The van der Waals surface area contributed by atoms with Crippen molar-refractivity contribution in [3.63, 3.8) is 0 Å². The number of hydrogen-bond acceptors (Lipinski definition) is 0. The van der Waals surface area contributed by atoms with Crippen LogP contribution in [0.5, 0.6) is 0 Å². The number of hydrogen-bond donors (Lipinski definition) is 0. The highest BCUT2D eigenvalue weighted by molar-refractivity contribution is 5.69. The molecule has 0 unspecified atom stereocenters. The van der Waals surface area contributed by atoms with Crippen LogP contribution in [0, 0.1) is 0 Å². The third-order valence-electron chi connectivity index (χ3n) is 2.48. The number of alkyl halides is 3. The van der Waals surface area contributed by atoms with Gasteiger partial charge in [-0.05, 0) is 23.3 Å². The summed E-state index contributed by atoms with van der Waals surface area (Å²) < 4.78 is 37.5. The minimum atomic E-state index is -4.30. The van der Waals surface area contributed by atoms with E-state index in [0.717, 1.165) is 17.7 Å². The zero-order valence-electron chi connectivity index (χ0n) is 9.48. The van der Waals surface area contributed by atoms with Crippen LogP contribution in [0.2, 0.25) is 0 Å². The fourth-order valence-electron chi connectivity index (χ4n) is 1.58. The van der Waals surface area contributed by atoms with Gasteiger partial charge >= 0.3 is 6.18 Å². The SMILES string of the molecule is FC(F)(F)c1cccc(/C=C/c2ccccc2)c1. The van der Waals surface area contributed by atoms with Crippen molar-refractivity contribution >= 4 is 12.2 Å². The number of benzene rings is 2. The molecule has 2 aromatic rings. The Kier molecular flexibility index (Phi) is 3.51. The molecule has 0 spiro atoms. The fraction of sp³-hybridized carbons (Fsp3) is 0.0667. The van der Waals surface area contributed by atoms with Gasteiger partial charge in [-0.2, -0.15) is 13.2 Å². The first-order valence-corrected chi connectivity index (χ1v) is 5.46. The minimum absolute atomic E-state index is 0.536. The largest absolute Gasteiger partial charge is 0.416 e. The molecular formula is C15H11F3. The molecule has 0 aromatic heterocycles. The maximum atomic E-state index is 12.5. The third-order valence-corrected chi connectivity index (χ3v) is 2.48. The molecule has 0 bridgehead atoms. The third kappa shape index (κ3) is 3.23. The van der Waals surface area contributed by atoms with Gasteiger partial charge in [-0.15, -0.1) is 0 Å². The molecule has 0 N–H and O–H groups in total. The summed E-state index contributed by atoms with van der Waals surface area (Å²) in [6, 6.07) is 14.7. The maximum absolute atomic E-state index is 12.5. The van der Waals surface area contributed by atoms with E-state index in [9.17, 15) is 13.2 Å². The fourth-order valence-corrected chi connectivity index (χ4v) is 1.58. The van der Waals surface area contributed by atoms with Gasteiger partial charge in [0.25, 0.3) is 0 Å². The molecule has 0 aliphatic rings. The van der Waals surface area contributed by atoms with E-state index in [4.69, 9.17) is 0 Å². The Morgan fingerprint density at radius 1 is 0.722 bits per heavy atom. The maximum Gasteiger partial charge on any atom is 0.416 e. The Bertz CT molecular complexity index is 539. The van der Waals surface area contributed by atoms with Crippen molar-refractivity contribution in [3.8, 4) is 0 Å². The zero-order valence-corrected chi connectivity index (χ0v) is 9.48. The van der Waals surface area contributed by atoms with E-state index in [1.54, 1.807) is 18.2 Å². The molecule has 0 saturated carbocycles. The minimum Gasteiger partial charge on any atom is -0.166 e. The van der Waals surface area contributed by atoms with Gasteiger partial charge < -0.3 is 0 Å². The van der Waals surface area contributed by atoms with Crippen molar-refractivity contribution < 1.29 is 13.2 Å². The summed E-state index contributed by atoms with van der Waals surface area (Å²) in [5.41, 5.74) is 0.862. The molecule has 0 aliphatic heterocycles. The second kappa shape index (κ2) is 5.08. The summed E-state index contributed by atoms with van der Waals surface area (Å²) in [6.07, 6.45) is -0.837. The molecule has 3 heteroatoms. The van der Waals surface area contributed by atoms with Gasteiger partial charge in [0.1, 0.15) is 0 Å². The Labute approximate surface area is 103 Å². The smallest absolute Gasteiger partial charge is 0.166 e. The molecule has 0 amide bonds. The molecule has 0 aliphatic carbocycles. The first kappa shape index (κ1) is 12.4. The molecule has 0 atom stereocenters. The van der Waals surface area contributed by atoms with Crippen molar-refractivity contribution in [1.29, 1.82) is 0 Å². The zero-order chi connectivity index (χ0) is 13.0. The quantitative estimate of drug-likeness (QED) is 0.665. The first-order chi connectivity index (χ1) is 8.55. The van der Waals surface area contributed by atoms with Gasteiger partial charge in [0.05, 0.1) is 5.56 Å². The average molecular weight is 248 g/mol. The Morgan fingerprint density at radius 2 is 1.33 bits per heavy atom. The van der Waals surface area contributed by atoms with Gasteiger partial charge in [0, 0.05) is 0 Å². The van der Waals surface area contributed by atoms with Gasteiger partial charge in [-0.25, -0.2) is 0 Å². The van der Waals surface area contributed by atoms with E-state index >= 15 is 0 Å². The second-order valence-electron chi connectivity index (χ2n) is 3.87. The molecule has 2 rings (SSSR count). The molecule has 0 saturated heterocycles. The van der Waals surface area contributed by atoms with Crippen LogP contribution in [0.1, 0.15) is 16.7 Å². The van der Waals surface area contributed by atoms with Crippen molar-refractivity contribution in [3.05, 3.63) is 71.3 Å². The van der Waals surface area contributed by atoms with Crippen LogP contribution in [0.4, 0.5) is 13.2 Å². The lowest BCUT2D eigenvalue weighted by Gasteiger charge is -2.06. The molecule has 18 heavy (non-hydrogen) atoms. The lowest BCUT2D eigenvalue weighted by molar-refractivity contribution is -0.137. The lowest BCUT2D eigenvalue weighted by atomic mass is 10.1. The van der Waals surface area contributed by atoms with Crippen molar-refractivity contribution in [2.24, 2.45) is 0 Å². The van der Waals surface area contributed by atoms with Crippen LogP contribution in [0.25, 0.3) is 12.2 Å². The molecule has 0 radical (unpaired) electrons. The molecule has 92 valence electrons. The van der Waals surface area contributed by atoms with E-state index in [-0.39, 0.29) is 0 Å². The summed E-state index contributed by atoms with van der Waals surface area (Å²) in [5.74, 6) is 0. The van der Waals surface area contributed by atoms with Gasteiger partial charge in [-0.3, -0.25) is 0 Å². The van der Waals surface area contributed by atoms with Crippen LogP contribution < -0.4 is 0 Å². The average Bonchev–Trinajstić information content (AvgIpc) is 2.37. The molecule has 0 fully saturated rings. The van der Waals surface area contributed by atoms with E-state index < -0.39 is 11.7 Å². The van der Waals surface area contributed by atoms with Crippen LogP contribution in [-0.4, -0.2) is 0 Å². The molecular weight excluding hydrogens is 237 g/mol. The monoisotopic (exact) mass is 248 g/mol. The Balaban J connectivity index is 2.23. The normalized spacial score (nSPS) is 11.9. The first-order valence-electron chi connectivity index (χ1n) is 5.46. The topological polar surface area (TPSA) is 0 Å². The summed E-state index contributed by atoms with van der Waals surface area (Å²) in [4.78, 5) is 0. The summed E-state index contributed by atoms with van der Waals surface area (Å²) in [7, 11) is 0. The molecule has 2 aromatic carbocycles. The van der Waals surface area contributed by atoms with Crippen molar-refractivity contribution in [2.45, 2.75) is 6.18 Å². The lowest BCUT2D eigenvalue weighted by Crippen LogP contribution is -2.04. The molecule has 0 heterocycles. The van der Waals surface area contributed by atoms with Crippen LogP contribution in [-0.2, 0) is 6.18 Å². The summed E-state index contributed by atoms with van der Waals surface area (Å²) in [6.45, 7) is 0. The van der Waals surface area contributed by atoms with E-state index in [0.29, 0.717) is 5.56 Å². The number of rotatable bonds is 2. The van der Waals surface area contributed by atoms with Crippen LogP contribution >= 0.6 is 0 Å². The highest BCUT2D eigenvalue weighted by Gasteiger charge is 2.30. The summed E-state index contributed by atoms with van der Waals surface area (Å²) in [5, 5.41) is 0. The summed E-state index contributed by atoms with van der Waals surface area (Å²) >= 11 is 0. The highest BCUT2D eigenvalue weighted by atomic mass is 19.4. The highest BCUT2D eigenvalue weighted by Crippen LogP contribution is 2.29. The second-order valence-corrected chi connectivity index (χ2v) is 3.87. The van der Waals surface area contributed by atoms with Gasteiger partial charge in [-0.1, -0.05) is 54.6 Å². The predicted octanol–water partition coefficient (Wildman–Crippen LogP) is 4.88. The van der Waals surface area contributed by atoms with E-state index in [2.05, 4.69) is 0 Å². The van der Waals surface area contributed by atoms with Gasteiger partial charge in [0.2, 0.25) is 0 Å². The van der Waals surface area contributed by atoms with Crippen LogP contribution in [0.3, 0.4) is 0 Å². The van der Waals surface area contributed by atoms with Crippen molar-refractivity contribution in [2.75, 3.05) is 0 Å².